The molecule has 3 rings (SSSR count). The fourth-order valence-electron chi connectivity index (χ4n) is 3.05. The van der Waals surface area contributed by atoms with Gasteiger partial charge in [0.2, 0.25) is 5.91 Å². The molecule has 1 N–H and O–H groups in total. The quantitative estimate of drug-likeness (QED) is 0.878. The average molecular weight is 260 g/mol. The minimum atomic E-state index is 0.0248. The third-order valence-corrected chi connectivity index (χ3v) is 4.08. The topological polar surface area (TPSA) is 41.6 Å². The van der Waals surface area contributed by atoms with Crippen LogP contribution in [0.2, 0.25) is 0 Å². The maximum Gasteiger partial charge on any atom is 0.238 e. The van der Waals surface area contributed by atoms with Crippen molar-refractivity contribution in [3.05, 3.63) is 35.4 Å². The molecule has 1 aromatic carbocycles. The summed E-state index contributed by atoms with van der Waals surface area (Å²) in [5.74, 6) is 0.208. The molecule has 1 aromatic rings. The summed E-state index contributed by atoms with van der Waals surface area (Å²) in [4.78, 5) is 14.2. The highest BCUT2D eigenvalue weighted by molar-refractivity contribution is 5.81. The van der Waals surface area contributed by atoms with Crippen LogP contribution in [0.15, 0.2) is 24.3 Å². The van der Waals surface area contributed by atoms with Crippen molar-refractivity contribution in [2.24, 2.45) is 0 Å². The van der Waals surface area contributed by atoms with Gasteiger partial charge in [0.25, 0.3) is 0 Å². The number of hydrogen-bond acceptors (Lipinski definition) is 3. The summed E-state index contributed by atoms with van der Waals surface area (Å²) in [5, 5.41) is 3.35. The average Bonchev–Trinajstić information content (AvgIpc) is 2.82. The lowest BCUT2D eigenvalue weighted by molar-refractivity contribution is -0.132. The van der Waals surface area contributed by atoms with Gasteiger partial charge in [0.15, 0.2) is 0 Å². The first-order chi connectivity index (χ1) is 9.27. The molecule has 2 saturated heterocycles. The zero-order chi connectivity index (χ0) is 13.2. The van der Waals surface area contributed by atoms with Crippen molar-refractivity contribution in [1.82, 2.24) is 10.2 Å². The summed E-state index contributed by atoms with van der Waals surface area (Å²) in [6.45, 7) is 4.06. The van der Waals surface area contributed by atoms with E-state index < -0.39 is 0 Å². The van der Waals surface area contributed by atoms with Gasteiger partial charge in [-0.1, -0.05) is 24.3 Å². The van der Waals surface area contributed by atoms with Crippen molar-refractivity contribution < 1.29 is 9.53 Å². The van der Waals surface area contributed by atoms with Crippen molar-refractivity contribution >= 4 is 5.91 Å². The maximum atomic E-state index is 12.2. The first-order valence-corrected chi connectivity index (χ1v) is 6.95. The van der Waals surface area contributed by atoms with E-state index in [9.17, 15) is 4.79 Å². The van der Waals surface area contributed by atoms with Gasteiger partial charge in [-0.05, 0) is 30.9 Å². The molecule has 4 heteroatoms. The van der Waals surface area contributed by atoms with Crippen LogP contribution in [0.3, 0.4) is 0 Å². The fraction of sp³-hybridized carbons (Fsp3) is 0.533. The number of nitrogens with zero attached hydrogens (tertiary/aromatic N) is 1. The van der Waals surface area contributed by atoms with Gasteiger partial charge in [-0.25, -0.2) is 0 Å². The summed E-state index contributed by atoms with van der Waals surface area (Å²) < 4.78 is 5.40. The molecular formula is C15H20N2O2. The summed E-state index contributed by atoms with van der Waals surface area (Å²) >= 11 is 0. The zero-order valence-corrected chi connectivity index (χ0v) is 11.3. The lowest BCUT2D eigenvalue weighted by atomic mass is 10.0. The number of amides is 1. The summed E-state index contributed by atoms with van der Waals surface area (Å²) in [7, 11) is 0. The van der Waals surface area contributed by atoms with Crippen LogP contribution in [-0.2, 0) is 9.53 Å². The number of nitrogens with one attached hydrogen (secondary N) is 1. The van der Waals surface area contributed by atoms with Crippen molar-refractivity contribution in [3.8, 4) is 0 Å². The molecule has 1 atom stereocenters. The van der Waals surface area contributed by atoms with Crippen molar-refractivity contribution in [2.75, 3.05) is 19.8 Å². The predicted molar refractivity (Wildman–Crippen MR) is 72.6 cm³/mol. The molecule has 0 spiro atoms. The Morgan fingerprint density at radius 1 is 1.26 bits per heavy atom. The molecule has 2 aliphatic rings. The molecule has 1 amide bonds. The molecule has 0 bridgehead atoms. The van der Waals surface area contributed by atoms with E-state index in [-0.39, 0.29) is 12.1 Å². The first-order valence-electron chi connectivity index (χ1n) is 6.95. The van der Waals surface area contributed by atoms with Crippen LogP contribution >= 0.6 is 0 Å². The highest BCUT2D eigenvalue weighted by atomic mass is 16.5. The lowest BCUT2D eigenvalue weighted by Gasteiger charge is -2.35. The second-order valence-electron chi connectivity index (χ2n) is 5.28. The molecule has 4 nitrogen and oxygen atoms in total. The predicted octanol–water partition coefficient (Wildman–Crippen LogP) is 1.60. The Morgan fingerprint density at radius 2 is 2.00 bits per heavy atom. The van der Waals surface area contributed by atoms with E-state index in [1.54, 1.807) is 0 Å². The Morgan fingerprint density at radius 3 is 2.74 bits per heavy atom. The molecule has 2 aliphatic heterocycles. The van der Waals surface area contributed by atoms with E-state index in [2.05, 4.69) is 24.4 Å². The van der Waals surface area contributed by atoms with Crippen LogP contribution in [0.5, 0.6) is 0 Å². The van der Waals surface area contributed by atoms with Crippen molar-refractivity contribution in [3.63, 3.8) is 0 Å². The number of aryl methyl sites for hydroxylation is 1. The first kappa shape index (κ1) is 12.6. The van der Waals surface area contributed by atoms with E-state index >= 15 is 0 Å². The summed E-state index contributed by atoms with van der Waals surface area (Å²) in [6, 6.07) is 8.59. The number of benzene rings is 1. The number of hydrogen-bond donors (Lipinski definition) is 1. The van der Waals surface area contributed by atoms with E-state index in [1.165, 1.54) is 11.1 Å². The fourth-order valence-corrected chi connectivity index (χ4v) is 3.05. The van der Waals surface area contributed by atoms with Crippen LogP contribution in [-0.4, -0.2) is 36.6 Å². The lowest BCUT2D eigenvalue weighted by Crippen LogP contribution is -2.43. The number of carbonyl (C=O) groups is 1. The van der Waals surface area contributed by atoms with Gasteiger partial charge >= 0.3 is 0 Å². The minimum absolute atomic E-state index is 0.0248. The van der Waals surface area contributed by atoms with E-state index in [0.29, 0.717) is 12.6 Å². The van der Waals surface area contributed by atoms with Gasteiger partial charge in [0.05, 0.1) is 6.54 Å². The third-order valence-electron chi connectivity index (χ3n) is 4.08. The van der Waals surface area contributed by atoms with Gasteiger partial charge in [-0.15, -0.1) is 0 Å². The second kappa shape index (κ2) is 5.31. The highest BCUT2D eigenvalue weighted by Gasteiger charge is 2.37. The molecule has 0 radical (unpaired) electrons. The standard InChI is InChI=1S/C15H20N2O2/c1-11-4-2-3-5-13(11)15-16-10-14(18)17(15)12-6-8-19-9-7-12/h2-5,12,15-16H,6-10H2,1H3. The van der Waals surface area contributed by atoms with Crippen LogP contribution in [0.1, 0.15) is 30.1 Å². The van der Waals surface area contributed by atoms with Gasteiger partial charge in [0.1, 0.15) is 6.17 Å². The Hall–Kier alpha value is -1.39. The van der Waals surface area contributed by atoms with Gasteiger partial charge < -0.3 is 9.64 Å². The molecule has 0 saturated carbocycles. The summed E-state index contributed by atoms with van der Waals surface area (Å²) in [5.41, 5.74) is 2.44. The van der Waals surface area contributed by atoms with Crippen molar-refractivity contribution in [2.45, 2.75) is 32.0 Å². The molecule has 1 unspecified atom stereocenters. The number of ether oxygens (including phenoxy) is 1. The van der Waals surface area contributed by atoms with E-state index in [1.807, 2.05) is 17.0 Å². The Kier molecular flexibility index (Phi) is 3.53. The highest BCUT2D eigenvalue weighted by Crippen LogP contribution is 2.30. The molecule has 19 heavy (non-hydrogen) atoms. The number of rotatable bonds is 2. The van der Waals surface area contributed by atoms with Gasteiger partial charge in [-0.3, -0.25) is 10.1 Å². The normalized spacial score (nSPS) is 25.0. The van der Waals surface area contributed by atoms with Crippen LogP contribution in [0, 0.1) is 6.92 Å². The van der Waals surface area contributed by atoms with Crippen LogP contribution < -0.4 is 5.32 Å². The van der Waals surface area contributed by atoms with E-state index in [0.717, 1.165) is 26.1 Å². The largest absolute Gasteiger partial charge is 0.381 e. The van der Waals surface area contributed by atoms with Crippen molar-refractivity contribution in [1.29, 1.82) is 0 Å². The Labute approximate surface area is 113 Å². The molecule has 0 aliphatic carbocycles. The monoisotopic (exact) mass is 260 g/mol. The molecule has 2 fully saturated rings. The Balaban J connectivity index is 1.87. The smallest absolute Gasteiger partial charge is 0.238 e. The maximum absolute atomic E-state index is 12.2. The zero-order valence-electron chi connectivity index (χ0n) is 11.3. The number of carbonyl (C=O) groups excluding carboxylic acids is 1. The molecule has 2 heterocycles. The second-order valence-corrected chi connectivity index (χ2v) is 5.28. The SMILES string of the molecule is Cc1ccccc1C1NCC(=O)N1C1CCOCC1. The van der Waals surface area contributed by atoms with Gasteiger partial charge in [-0.2, -0.15) is 0 Å². The van der Waals surface area contributed by atoms with E-state index in [4.69, 9.17) is 4.74 Å². The molecule has 0 aromatic heterocycles. The third kappa shape index (κ3) is 2.38. The van der Waals surface area contributed by atoms with Crippen LogP contribution in [0.25, 0.3) is 0 Å². The molecular weight excluding hydrogens is 240 g/mol. The molecule has 102 valence electrons. The summed E-state index contributed by atoms with van der Waals surface area (Å²) in [6.07, 6.45) is 1.91. The van der Waals surface area contributed by atoms with Crippen LogP contribution in [0.4, 0.5) is 0 Å². The Bertz CT molecular complexity index is 469. The van der Waals surface area contributed by atoms with Gasteiger partial charge in [0, 0.05) is 19.3 Å². The minimum Gasteiger partial charge on any atom is -0.381 e.